The fourth-order valence-corrected chi connectivity index (χ4v) is 3.27. The van der Waals surface area contributed by atoms with E-state index < -0.39 is 0 Å². The van der Waals surface area contributed by atoms with Crippen LogP contribution in [0.3, 0.4) is 0 Å². The molecule has 7 heteroatoms. The molecular formula is C12H10BrN5S. The van der Waals surface area contributed by atoms with Crippen molar-refractivity contribution in [1.82, 2.24) is 19.9 Å². The first-order chi connectivity index (χ1) is 9.28. The maximum atomic E-state index is 5.64. The van der Waals surface area contributed by atoms with Crippen molar-refractivity contribution in [2.45, 2.75) is 16.5 Å². The summed E-state index contributed by atoms with van der Waals surface area (Å²) in [5, 5.41) is 0.856. The van der Waals surface area contributed by atoms with Gasteiger partial charge in [0.25, 0.3) is 0 Å². The van der Waals surface area contributed by atoms with Crippen molar-refractivity contribution >= 4 is 38.9 Å². The molecule has 2 heterocycles. The SMILES string of the molecule is NCc1ccc(Sc2ncnc3nc[nH]c23)cc1Br. The summed E-state index contributed by atoms with van der Waals surface area (Å²) < 4.78 is 1.01. The molecule has 0 atom stereocenters. The molecule has 0 bridgehead atoms. The zero-order chi connectivity index (χ0) is 13.2. The maximum Gasteiger partial charge on any atom is 0.181 e. The lowest BCUT2D eigenvalue weighted by Crippen LogP contribution is -1.97. The van der Waals surface area contributed by atoms with Crippen LogP contribution in [0.5, 0.6) is 0 Å². The molecule has 0 saturated heterocycles. The predicted octanol–water partition coefficient (Wildman–Crippen LogP) is 2.73. The highest BCUT2D eigenvalue weighted by atomic mass is 79.9. The summed E-state index contributed by atoms with van der Waals surface area (Å²) >= 11 is 5.08. The molecule has 19 heavy (non-hydrogen) atoms. The van der Waals surface area contributed by atoms with Gasteiger partial charge in [0.2, 0.25) is 0 Å². The van der Waals surface area contributed by atoms with Crippen LogP contribution in [0, 0.1) is 0 Å². The van der Waals surface area contributed by atoms with Gasteiger partial charge >= 0.3 is 0 Å². The summed E-state index contributed by atoms with van der Waals surface area (Å²) in [4.78, 5) is 16.6. The molecule has 0 amide bonds. The Balaban J connectivity index is 1.97. The lowest BCUT2D eigenvalue weighted by Gasteiger charge is -2.05. The van der Waals surface area contributed by atoms with Gasteiger partial charge in [-0.1, -0.05) is 33.8 Å². The summed E-state index contributed by atoms with van der Waals surface area (Å²) in [6.07, 6.45) is 3.14. The van der Waals surface area contributed by atoms with Crippen LogP contribution in [0.25, 0.3) is 11.2 Å². The van der Waals surface area contributed by atoms with Gasteiger partial charge in [0.1, 0.15) is 16.9 Å². The van der Waals surface area contributed by atoms with E-state index in [0.717, 1.165) is 25.5 Å². The summed E-state index contributed by atoms with van der Waals surface area (Å²) in [6.45, 7) is 0.518. The third kappa shape index (κ3) is 2.49. The van der Waals surface area contributed by atoms with E-state index in [-0.39, 0.29) is 0 Å². The van der Waals surface area contributed by atoms with E-state index in [4.69, 9.17) is 5.73 Å². The molecular weight excluding hydrogens is 326 g/mol. The number of aromatic nitrogens is 4. The number of nitrogens with two attached hydrogens (primary N) is 1. The Morgan fingerprint density at radius 3 is 2.95 bits per heavy atom. The zero-order valence-corrected chi connectivity index (χ0v) is 12.2. The smallest absolute Gasteiger partial charge is 0.181 e. The Morgan fingerprint density at radius 1 is 1.26 bits per heavy atom. The molecule has 2 aromatic heterocycles. The first-order valence-electron chi connectivity index (χ1n) is 5.58. The van der Waals surface area contributed by atoms with Gasteiger partial charge in [-0.2, -0.15) is 0 Å². The number of fused-ring (bicyclic) bond motifs is 1. The van der Waals surface area contributed by atoms with E-state index in [1.54, 1.807) is 18.1 Å². The van der Waals surface area contributed by atoms with Gasteiger partial charge in [-0.05, 0) is 17.7 Å². The van der Waals surface area contributed by atoms with Gasteiger partial charge in [-0.3, -0.25) is 0 Å². The number of imidazole rings is 1. The summed E-state index contributed by atoms with van der Waals surface area (Å²) in [5.74, 6) is 0. The molecule has 0 aliphatic rings. The van der Waals surface area contributed by atoms with E-state index in [2.05, 4.69) is 35.9 Å². The van der Waals surface area contributed by atoms with Gasteiger partial charge in [-0.25, -0.2) is 15.0 Å². The molecule has 0 unspecified atom stereocenters. The molecule has 96 valence electrons. The number of nitrogens with zero attached hydrogens (tertiary/aromatic N) is 3. The van der Waals surface area contributed by atoms with Crippen LogP contribution in [0.4, 0.5) is 0 Å². The first-order valence-corrected chi connectivity index (χ1v) is 7.19. The van der Waals surface area contributed by atoms with Crippen LogP contribution in [0.1, 0.15) is 5.56 Å². The van der Waals surface area contributed by atoms with E-state index >= 15 is 0 Å². The molecule has 0 fully saturated rings. The minimum Gasteiger partial charge on any atom is -0.341 e. The van der Waals surface area contributed by atoms with E-state index in [9.17, 15) is 0 Å². The summed E-state index contributed by atoms with van der Waals surface area (Å²) in [5.41, 5.74) is 8.25. The lowest BCUT2D eigenvalue weighted by atomic mass is 10.2. The summed E-state index contributed by atoms with van der Waals surface area (Å²) in [7, 11) is 0. The van der Waals surface area contributed by atoms with Gasteiger partial charge in [0.05, 0.1) is 6.33 Å². The molecule has 5 nitrogen and oxygen atoms in total. The van der Waals surface area contributed by atoms with Crippen LogP contribution in [0.2, 0.25) is 0 Å². The van der Waals surface area contributed by atoms with Crippen molar-refractivity contribution in [2.24, 2.45) is 5.73 Å². The second-order valence-corrected chi connectivity index (χ2v) is 5.76. The highest BCUT2D eigenvalue weighted by Gasteiger charge is 2.08. The fourth-order valence-electron chi connectivity index (χ4n) is 1.69. The fraction of sp³-hybridized carbons (Fsp3) is 0.0833. The van der Waals surface area contributed by atoms with Crippen LogP contribution in [0.15, 0.2) is 45.2 Å². The topological polar surface area (TPSA) is 80.5 Å². The maximum absolute atomic E-state index is 5.64. The average Bonchev–Trinajstić information content (AvgIpc) is 2.88. The number of aromatic amines is 1. The minimum absolute atomic E-state index is 0.518. The molecule has 0 radical (unpaired) electrons. The van der Waals surface area contributed by atoms with Crippen molar-refractivity contribution in [1.29, 1.82) is 0 Å². The van der Waals surface area contributed by atoms with E-state index in [1.165, 1.54) is 6.33 Å². The van der Waals surface area contributed by atoms with Crippen LogP contribution < -0.4 is 5.73 Å². The van der Waals surface area contributed by atoms with Crippen LogP contribution in [-0.4, -0.2) is 19.9 Å². The quantitative estimate of drug-likeness (QED) is 0.719. The molecule has 0 spiro atoms. The third-order valence-electron chi connectivity index (χ3n) is 2.65. The highest BCUT2D eigenvalue weighted by Crippen LogP contribution is 2.32. The van der Waals surface area contributed by atoms with E-state index in [0.29, 0.717) is 12.2 Å². The number of nitrogens with one attached hydrogen (secondary N) is 1. The van der Waals surface area contributed by atoms with Crippen molar-refractivity contribution in [2.75, 3.05) is 0 Å². The molecule has 0 aliphatic carbocycles. The Bertz CT molecular complexity index is 727. The van der Waals surface area contributed by atoms with Crippen molar-refractivity contribution in [3.8, 4) is 0 Å². The molecule has 0 aliphatic heterocycles. The van der Waals surface area contributed by atoms with Crippen LogP contribution >= 0.6 is 27.7 Å². The lowest BCUT2D eigenvalue weighted by molar-refractivity contribution is 1.05. The Labute approximate surface area is 122 Å². The zero-order valence-electron chi connectivity index (χ0n) is 9.80. The molecule has 0 saturated carbocycles. The molecule has 1 aromatic carbocycles. The van der Waals surface area contributed by atoms with Gasteiger partial charge < -0.3 is 10.7 Å². The number of benzene rings is 1. The standard InChI is InChI=1S/C12H10BrN5S/c13-9-3-8(2-1-7(9)4-14)19-12-10-11(16-5-15-10)17-6-18-12/h1-3,5-6H,4,14H2,(H,15,16,17,18). The second kappa shape index (κ2) is 5.28. The van der Waals surface area contributed by atoms with Crippen LogP contribution in [-0.2, 0) is 6.54 Å². The number of rotatable bonds is 3. The van der Waals surface area contributed by atoms with Gasteiger partial charge in [-0.15, -0.1) is 0 Å². The number of hydrogen-bond acceptors (Lipinski definition) is 5. The molecule has 3 N–H and O–H groups in total. The Kier molecular flexibility index (Phi) is 3.50. The normalized spacial score (nSPS) is 11.1. The molecule has 3 rings (SSSR count). The van der Waals surface area contributed by atoms with Gasteiger partial charge in [0.15, 0.2) is 5.65 Å². The van der Waals surface area contributed by atoms with Crippen molar-refractivity contribution in [3.05, 3.63) is 40.9 Å². The minimum atomic E-state index is 0.518. The Hall–Kier alpha value is -1.44. The van der Waals surface area contributed by atoms with Crippen molar-refractivity contribution in [3.63, 3.8) is 0 Å². The monoisotopic (exact) mass is 335 g/mol. The largest absolute Gasteiger partial charge is 0.341 e. The van der Waals surface area contributed by atoms with Gasteiger partial charge in [0, 0.05) is 15.9 Å². The predicted molar refractivity (Wildman–Crippen MR) is 77.8 cm³/mol. The number of halogens is 1. The first kappa shape index (κ1) is 12.6. The Morgan fingerprint density at radius 2 is 2.16 bits per heavy atom. The summed E-state index contributed by atoms with van der Waals surface area (Å²) in [6, 6.07) is 6.08. The van der Waals surface area contributed by atoms with E-state index in [1.807, 2.05) is 18.2 Å². The number of hydrogen-bond donors (Lipinski definition) is 2. The third-order valence-corrected chi connectivity index (χ3v) is 4.38. The molecule has 3 aromatic rings. The number of H-pyrrole nitrogens is 1. The second-order valence-electron chi connectivity index (χ2n) is 3.84. The average molecular weight is 336 g/mol. The van der Waals surface area contributed by atoms with Crippen molar-refractivity contribution < 1.29 is 0 Å². The highest BCUT2D eigenvalue weighted by molar-refractivity contribution is 9.10.